The molecule has 0 saturated carbocycles. The van der Waals surface area contributed by atoms with E-state index < -0.39 is 11.3 Å². The zero-order chi connectivity index (χ0) is 13.1. The number of aryl methyl sites for hydroxylation is 1. The molecule has 0 fully saturated rings. The predicted octanol–water partition coefficient (Wildman–Crippen LogP) is 4.03. The van der Waals surface area contributed by atoms with Crippen molar-refractivity contribution in [2.75, 3.05) is 0 Å². The average molecular weight is 261 g/mol. The largest absolute Gasteiger partial charge is 0.480 e. The lowest BCUT2D eigenvalue weighted by atomic mass is 9.98. The zero-order valence-electron chi connectivity index (χ0n) is 9.93. The monoisotopic (exact) mass is 260 g/mol. The van der Waals surface area contributed by atoms with Crippen molar-refractivity contribution in [1.82, 2.24) is 0 Å². The van der Waals surface area contributed by atoms with Gasteiger partial charge in [-0.1, -0.05) is 48.5 Å². The minimum Gasteiger partial charge on any atom is -0.480 e. The number of rotatable bonds is 3. The number of aliphatic carboxylic acids is 1. The fraction of sp³-hybridized carbons (Fsp3) is 0.133. The van der Waals surface area contributed by atoms with Gasteiger partial charge in [0.2, 0.25) is 0 Å². The van der Waals surface area contributed by atoms with Crippen molar-refractivity contribution >= 4 is 17.6 Å². The Bertz CT molecular complexity index is 564. The Hall–Kier alpha value is -1.80. The highest BCUT2D eigenvalue weighted by molar-refractivity contribution is 6.29. The summed E-state index contributed by atoms with van der Waals surface area (Å²) in [5.41, 5.74) is 3.70. The third-order valence-electron chi connectivity index (χ3n) is 2.87. The molecular formula is C15H13ClO2. The van der Waals surface area contributed by atoms with Gasteiger partial charge in [0.05, 0.1) is 0 Å². The van der Waals surface area contributed by atoms with Crippen LogP contribution < -0.4 is 0 Å². The van der Waals surface area contributed by atoms with E-state index in [0.29, 0.717) is 5.56 Å². The van der Waals surface area contributed by atoms with Crippen LogP contribution in [0.5, 0.6) is 0 Å². The third kappa shape index (κ3) is 2.54. The Kier molecular flexibility index (Phi) is 3.68. The molecule has 0 bridgehead atoms. The van der Waals surface area contributed by atoms with E-state index in [1.54, 1.807) is 6.07 Å². The molecule has 2 aromatic rings. The lowest BCUT2D eigenvalue weighted by Crippen LogP contribution is -2.06. The maximum Gasteiger partial charge on any atom is 0.326 e. The van der Waals surface area contributed by atoms with Gasteiger partial charge in [0.1, 0.15) is 0 Å². The van der Waals surface area contributed by atoms with Crippen LogP contribution in [0.3, 0.4) is 0 Å². The number of carbonyl (C=O) groups is 1. The Morgan fingerprint density at radius 1 is 1.11 bits per heavy atom. The van der Waals surface area contributed by atoms with Gasteiger partial charge >= 0.3 is 5.97 Å². The van der Waals surface area contributed by atoms with Crippen LogP contribution in [0.1, 0.15) is 16.5 Å². The van der Waals surface area contributed by atoms with Crippen LogP contribution in [0.2, 0.25) is 0 Å². The Labute approximate surface area is 111 Å². The molecule has 0 aliphatic heterocycles. The average Bonchev–Trinajstić information content (AvgIpc) is 2.38. The van der Waals surface area contributed by atoms with Crippen LogP contribution in [-0.2, 0) is 4.79 Å². The number of halogens is 1. The van der Waals surface area contributed by atoms with E-state index in [0.717, 1.165) is 16.7 Å². The fourth-order valence-corrected chi connectivity index (χ4v) is 2.15. The molecule has 0 spiro atoms. The van der Waals surface area contributed by atoms with Gasteiger partial charge in [0, 0.05) is 0 Å². The van der Waals surface area contributed by atoms with E-state index >= 15 is 0 Å². The van der Waals surface area contributed by atoms with Crippen molar-refractivity contribution in [3.8, 4) is 11.1 Å². The second-order valence-electron chi connectivity index (χ2n) is 4.14. The molecule has 1 atom stereocenters. The second-order valence-corrected chi connectivity index (χ2v) is 4.57. The molecule has 0 aliphatic carbocycles. The first-order chi connectivity index (χ1) is 8.59. The minimum absolute atomic E-state index is 0.642. The summed E-state index contributed by atoms with van der Waals surface area (Å²) < 4.78 is 0. The lowest BCUT2D eigenvalue weighted by Gasteiger charge is -2.10. The summed E-state index contributed by atoms with van der Waals surface area (Å²) in [5.74, 6) is -1.02. The number of carboxylic acids is 1. The minimum atomic E-state index is -1.02. The van der Waals surface area contributed by atoms with Gasteiger partial charge in [0.15, 0.2) is 5.38 Å². The number of hydrogen-bond donors (Lipinski definition) is 1. The Morgan fingerprint density at radius 2 is 1.78 bits per heavy atom. The van der Waals surface area contributed by atoms with E-state index in [4.69, 9.17) is 16.7 Å². The van der Waals surface area contributed by atoms with Crippen LogP contribution in [0.15, 0.2) is 48.5 Å². The van der Waals surface area contributed by atoms with Crippen molar-refractivity contribution in [3.63, 3.8) is 0 Å². The molecule has 92 valence electrons. The van der Waals surface area contributed by atoms with E-state index in [1.807, 2.05) is 49.4 Å². The van der Waals surface area contributed by atoms with E-state index in [9.17, 15) is 4.79 Å². The van der Waals surface area contributed by atoms with E-state index in [2.05, 4.69) is 0 Å². The molecule has 0 radical (unpaired) electrons. The zero-order valence-corrected chi connectivity index (χ0v) is 10.7. The fourth-order valence-electron chi connectivity index (χ4n) is 1.90. The first kappa shape index (κ1) is 12.7. The van der Waals surface area contributed by atoms with Gasteiger partial charge in [-0.25, -0.2) is 0 Å². The maximum atomic E-state index is 10.9. The molecule has 0 amide bonds. The first-order valence-electron chi connectivity index (χ1n) is 5.62. The number of benzene rings is 2. The molecule has 18 heavy (non-hydrogen) atoms. The second kappa shape index (κ2) is 5.23. The highest BCUT2D eigenvalue weighted by Crippen LogP contribution is 2.28. The molecular weight excluding hydrogens is 248 g/mol. The van der Waals surface area contributed by atoms with Crippen LogP contribution in [0.4, 0.5) is 0 Å². The highest BCUT2D eigenvalue weighted by Gasteiger charge is 2.18. The molecule has 1 unspecified atom stereocenters. The van der Waals surface area contributed by atoms with Crippen molar-refractivity contribution in [2.24, 2.45) is 0 Å². The van der Waals surface area contributed by atoms with Crippen molar-refractivity contribution in [2.45, 2.75) is 12.3 Å². The topological polar surface area (TPSA) is 37.3 Å². The first-order valence-corrected chi connectivity index (χ1v) is 6.06. The summed E-state index contributed by atoms with van der Waals surface area (Å²) in [4.78, 5) is 10.9. The van der Waals surface area contributed by atoms with Gasteiger partial charge in [-0.2, -0.15) is 0 Å². The number of carboxylic acid groups (broad SMARTS) is 1. The quantitative estimate of drug-likeness (QED) is 0.846. The molecule has 0 heterocycles. The van der Waals surface area contributed by atoms with Crippen LogP contribution >= 0.6 is 11.6 Å². The van der Waals surface area contributed by atoms with Gasteiger partial charge in [-0.15, -0.1) is 11.6 Å². The Morgan fingerprint density at radius 3 is 2.33 bits per heavy atom. The molecule has 2 rings (SSSR count). The van der Waals surface area contributed by atoms with Crippen molar-refractivity contribution < 1.29 is 9.90 Å². The predicted molar refractivity (Wildman–Crippen MR) is 72.8 cm³/mol. The highest BCUT2D eigenvalue weighted by atomic mass is 35.5. The molecule has 1 N–H and O–H groups in total. The summed E-state index contributed by atoms with van der Waals surface area (Å²) >= 11 is 5.85. The number of alkyl halides is 1. The van der Waals surface area contributed by atoms with Crippen molar-refractivity contribution in [3.05, 3.63) is 59.7 Å². The summed E-state index contributed by atoms with van der Waals surface area (Å²) in [6.07, 6.45) is 0. The lowest BCUT2D eigenvalue weighted by molar-refractivity contribution is -0.136. The van der Waals surface area contributed by atoms with Crippen LogP contribution in [0, 0.1) is 6.92 Å². The molecule has 0 saturated heterocycles. The van der Waals surface area contributed by atoms with Crippen LogP contribution in [-0.4, -0.2) is 11.1 Å². The normalized spacial score (nSPS) is 12.1. The molecule has 2 aromatic carbocycles. The molecule has 3 heteroatoms. The summed E-state index contributed by atoms with van der Waals surface area (Å²) in [5, 5.41) is 7.92. The van der Waals surface area contributed by atoms with Crippen LogP contribution in [0.25, 0.3) is 11.1 Å². The summed E-state index contributed by atoms with van der Waals surface area (Å²) in [7, 11) is 0. The molecule has 0 aromatic heterocycles. The van der Waals surface area contributed by atoms with Crippen molar-refractivity contribution in [1.29, 1.82) is 0 Å². The van der Waals surface area contributed by atoms with Gasteiger partial charge in [-0.05, 0) is 29.2 Å². The van der Waals surface area contributed by atoms with Gasteiger partial charge in [-0.3, -0.25) is 4.79 Å². The standard InChI is InChI=1S/C15H13ClO2/c1-10-9-12(11-5-3-2-4-6-11)7-8-13(10)14(16)15(17)18/h2-9,14H,1H3,(H,17,18). The van der Waals surface area contributed by atoms with Gasteiger partial charge < -0.3 is 5.11 Å². The summed E-state index contributed by atoms with van der Waals surface area (Å²) in [6.45, 7) is 1.88. The van der Waals surface area contributed by atoms with Gasteiger partial charge in [0.25, 0.3) is 0 Å². The smallest absolute Gasteiger partial charge is 0.326 e. The maximum absolute atomic E-state index is 10.9. The Balaban J connectivity index is 2.40. The third-order valence-corrected chi connectivity index (χ3v) is 3.29. The molecule has 0 aliphatic rings. The SMILES string of the molecule is Cc1cc(-c2ccccc2)ccc1C(Cl)C(=O)O. The van der Waals surface area contributed by atoms with E-state index in [-0.39, 0.29) is 0 Å². The summed E-state index contributed by atoms with van der Waals surface area (Å²) in [6, 6.07) is 15.6. The van der Waals surface area contributed by atoms with E-state index in [1.165, 1.54) is 0 Å². The molecule has 2 nitrogen and oxygen atoms in total. The number of hydrogen-bond acceptors (Lipinski definition) is 1.